The van der Waals surface area contributed by atoms with Crippen molar-refractivity contribution in [2.45, 2.75) is 90.6 Å². The van der Waals surface area contributed by atoms with Crippen LogP contribution in [0.25, 0.3) is 0 Å². The largest absolute Gasteiger partial charge is 0.454 e. The molecule has 36 heavy (non-hydrogen) atoms. The Balaban J connectivity index is 1.27. The number of rotatable bonds is 10. The van der Waals surface area contributed by atoms with Gasteiger partial charge in [-0.1, -0.05) is 45.4 Å². The van der Waals surface area contributed by atoms with Crippen molar-refractivity contribution >= 4 is 0 Å². The van der Waals surface area contributed by atoms with Gasteiger partial charge in [0.1, 0.15) is 17.3 Å². The quantitative estimate of drug-likeness (QED) is 0.299. The summed E-state index contributed by atoms with van der Waals surface area (Å²) in [5.41, 5.74) is 0.0570. The lowest BCUT2D eigenvalue weighted by Crippen LogP contribution is -2.26. The Hall–Kier alpha value is -2.24. The highest BCUT2D eigenvalue weighted by Gasteiger charge is 2.31. The van der Waals surface area contributed by atoms with Gasteiger partial charge in [-0.15, -0.1) is 0 Å². The minimum Gasteiger partial charge on any atom is -0.454 e. The summed E-state index contributed by atoms with van der Waals surface area (Å²) in [6.45, 7) is -0.640. The lowest BCUT2D eigenvalue weighted by molar-refractivity contribution is -0.0498. The van der Waals surface area contributed by atoms with E-state index in [2.05, 4.69) is 11.7 Å². The summed E-state index contributed by atoms with van der Waals surface area (Å²) >= 11 is 0. The highest BCUT2D eigenvalue weighted by molar-refractivity contribution is 5.38. The summed E-state index contributed by atoms with van der Waals surface area (Å²) in [6.07, 6.45) is 14.1. The normalized spacial score (nSPS) is 24.6. The molecule has 2 aliphatic carbocycles. The fourth-order valence-corrected chi connectivity index (χ4v) is 6.35. The molecule has 0 aromatic heterocycles. The summed E-state index contributed by atoms with van der Waals surface area (Å²) in [5, 5.41) is 0. The van der Waals surface area contributed by atoms with Gasteiger partial charge in [0.05, 0.1) is 0 Å². The van der Waals surface area contributed by atoms with E-state index in [4.69, 9.17) is 4.74 Å². The number of halogens is 4. The molecule has 0 amide bonds. The summed E-state index contributed by atoms with van der Waals surface area (Å²) in [4.78, 5) is 0. The van der Waals surface area contributed by atoms with Crippen molar-refractivity contribution in [3.63, 3.8) is 0 Å². The van der Waals surface area contributed by atoms with Gasteiger partial charge in [-0.25, -0.2) is 8.78 Å². The zero-order chi connectivity index (χ0) is 25.5. The van der Waals surface area contributed by atoms with Crippen LogP contribution in [0, 0.1) is 35.3 Å². The zero-order valence-corrected chi connectivity index (χ0v) is 21.2. The van der Waals surface area contributed by atoms with Gasteiger partial charge in [0.25, 0.3) is 0 Å². The lowest BCUT2D eigenvalue weighted by Gasteiger charge is -2.38. The lowest BCUT2D eigenvalue weighted by atomic mass is 9.68. The molecule has 0 spiro atoms. The predicted molar refractivity (Wildman–Crippen MR) is 134 cm³/mol. The first kappa shape index (κ1) is 26.8. The van der Waals surface area contributed by atoms with Gasteiger partial charge in [-0.2, -0.15) is 8.78 Å². The third-order valence-corrected chi connectivity index (χ3v) is 8.38. The van der Waals surface area contributed by atoms with Crippen LogP contribution in [0.2, 0.25) is 0 Å². The zero-order valence-electron chi connectivity index (χ0n) is 21.2. The minimum absolute atomic E-state index is 0.0171. The first-order valence-corrected chi connectivity index (χ1v) is 13.6. The van der Waals surface area contributed by atoms with Gasteiger partial charge >= 0.3 is 6.61 Å². The molecule has 0 unspecified atom stereocenters. The Kier molecular flexibility index (Phi) is 9.55. The van der Waals surface area contributed by atoms with E-state index in [1.807, 2.05) is 0 Å². The highest BCUT2D eigenvalue weighted by atomic mass is 19.3. The Morgan fingerprint density at radius 2 is 1.31 bits per heavy atom. The van der Waals surface area contributed by atoms with Crippen LogP contribution < -0.4 is 9.47 Å². The Morgan fingerprint density at radius 1 is 0.750 bits per heavy atom. The maximum absolute atomic E-state index is 15.1. The van der Waals surface area contributed by atoms with E-state index >= 15 is 4.39 Å². The standard InChI is InChI=1S/C30H38F4O2/c1-2-3-20-4-9-22(10-5-20)23-11-6-21(7-12-23)8-17-26-27(31)18-19-28(29(26)32)35-24-13-15-25(16-14-24)36-30(33)34/h13-16,18-23,30H,2-12,17H2,1H3. The van der Waals surface area contributed by atoms with E-state index in [0.717, 1.165) is 37.0 Å². The molecule has 2 aromatic rings. The number of ether oxygens (including phenoxy) is 2. The minimum atomic E-state index is -2.92. The van der Waals surface area contributed by atoms with Crippen LogP contribution in [-0.4, -0.2) is 6.61 Å². The van der Waals surface area contributed by atoms with Gasteiger partial charge < -0.3 is 9.47 Å². The molecule has 198 valence electrons. The third kappa shape index (κ3) is 7.17. The molecule has 2 aromatic carbocycles. The van der Waals surface area contributed by atoms with Crippen LogP contribution in [-0.2, 0) is 6.42 Å². The number of alkyl halides is 2. The fourth-order valence-electron chi connectivity index (χ4n) is 6.35. The molecule has 0 bridgehead atoms. The highest BCUT2D eigenvalue weighted by Crippen LogP contribution is 2.43. The molecule has 0 atom stereocenters. The van der Waals surface area contributed by atoms with Crippen molar-refractivity contribution in [3.05, 3.63) is 53.6 Å². The first-order chi connectivity index (χ1) is 17.4. The molecule has 0 heterocycles. The summed E-state index contributed by atoms with van der Waals surface area (Å²) < 4.78 is 64.1. The monoisotopic (exact) mass is 506 g/mol. The van der Waals surface area contributed by atoms with Gasteiger partial charge in [0.15, 0.2) is 11.6 Å². The van der Waals surface area contributed by atoms with Crippen LogP contribution in [0.15, 0.2) is 36.4 Å². The van der Waals surface area contributed by atoms with Crippen molar-refractivity contribution in [1.29, 1.82) is 0 Å². The van der Waals surface area contributed by atoms with Crippen LogP contribution in [0.5, 0.6) is 17.2 Å². The van der Waals surface area contributed by atoms with Crippen LogP contribution in [0.1, 0.15) is 83.1 Å². The molecule has 2 saturated carbocycles. The summed E-state index contributed by atoms with van der Waals surface area (Å²) in [7, 11) is 0. The van der Waals surface area contributed by atoms with Crippen LogP contribution in [0.4, 0.5) is 17.6 Å². The summed E-state index contributed by atoms with van der Waals surface area (Å²) in [6, 6.07) is 7.95. The average molecular weight is 507 g/mol. The molecule has 4 rings (SSSR count). The van der Waals surface area contributed by atoms with E-state index in [1.165, 1.54) is 87.8 Å². The molecular weight excluding hydrogens is 468 g/mol. The van der Waals surface area contributed by atoms with E-state index in [1.54, 1.807) is 0 Å². The van der Waals surface area contributed by atoms with Gasteiger partial charge in [-0.05, 0) is 98.6 Å². The molecule has 2 fully saturated rings. The number of hydrogen-bond donors (Lipinski definition) is 0. The second kappa shape index (κ2) is 12.8. The van der Waals surface area contributed by atoms with Crippen LogP contribution in [0.3, 0.4) is 0 Å². The molecule has 0 radical (unpaired) electrons. The molecule has 2 aliphatic rings. The molecule has 6 heteroatoms. The Morgan fingerprint density at radius 3 is 1.86 bits per heavy atom. The molecule has 0 N–H and O–H groups in total. The molecule has 0 aliphatic heterocycles. The van der Waals surface area contributed by atoms with E-state index in [-0.39, 0.29) is 22.8 Å². The SMILES string of the molecule is CCCC1CCC(C2CCC(CCc3c(F)ccc(Oc4ccc(OC(F)F)cc4)c3F)CC2)CC1. The Labute approximate surface area is 212 Å². The van der Waals surface area contributed by atoms with Crippen molar-refractivity contribution in [2.75, 3.05) is 0 Å². The molecule has 0 saturated heterocycles. The fraction of sp³-hybridized carbons (Fsp3) is 0.600. The maximum atomic E-state index is 15.1. The van der Waals surface area contributed by atoms with Gasteiger partial charge in [0.2, 0.25) is 0 Å². The second-order valence-electron chi connectivity index (χ2n) is 10.7. The van der Waals surface area contributed by atoms with Crippen molar-refractivity contribution in [2.24, 2.45) is 23.7 Å². The average Bonchev–Trinajstić information content (AvgIpc) is 2.87. The van der Waals surface area contributed by atoms with Crippen molar-refractivity contribution in [3.8, 4) is 17.2 Å². The molecule has 2 nitrogen and oxygen atoms in total. The Bertz CT molecular complexity index is 946. The predicted octanol–water partition coefficient (Wildman–Crippen LogP) is 9.70. The van der Waals surface area contributed by atoms with E-state index in [0.29, 0.717) is 12.3 Å². The number of benzene rings is 2. The molecular formula is C30H38F4O2. The van der Waals surface area contributed by atoms with Gasteiger partial charge in [-0.3, -0.25) is 0 Å². The second-order valence-corrected chi connectivity index (χ2v) is 10.7. The van der Waals surface area contributed by atoms with Crippen molar-refractivity contribution in [1.82, 2.24) is 0 Å². The van der Waals surface area contributed by atoms with E-state index in [9.17, 15) is 13.2 Å². The maximum Gasteiger partial charge on any atom is 0.387 e. The number of hydrogen-bond acceptors (Lipinski definition) is 2. The van der Waals surface area contributed by atoms with Crippen LogP contribution >= 0.6 is 0 Å². The first-order valence-electron chi connectivity index (χ1n) is 13.6. The topological polar surface area (TPSA) is 18.5 Å². The summed E-state index contributed by atoms with van der Waals surface area (Å²) in [5.74, 6) is 2.06. The van der Waals surface area contributed by atoms with Gasteiger partial charge in [0, 0.05) is 5.56 Å². The smallest absolute Gasteiger partial charge is 0.387 e. The van der Waals surface area contributed by atoms with Crippen molar-refractivity contribution < 1.29 is 27.0 Å². The van der Waals surface area contributed by atoms with E-state index < -0.39 is 18.2 Å². The third-order valence-electron chi connectivity index (χ3n) is 8.38.